The molecule has 5 aromatic rings. The molecule has 0 bridgehead atoms. The summed E-state index contributed by atoms with van der Waals surface area (Å²) in [6.07, 6.45) is -1.37. The minimum absolute atomic E-state index is 0.0727. The van der Waals surface area contributed by atoms with E-state index in [4.69, 9.17) is 4.98 Å². The first kappa shape index (κ1) is 36.6. The van der Waals surface area contributed by atoms with E-state index in [1.807, 2.05) is 0 Å². The number of hydrogen-bond donors (Lipinski definition) is 0. The van der Waals surface area contributed by atoms with Crippen LogP contribution in [0.4, 0.5) is 35.1 Å². The van der Waals surface area contributed by atoms with Crippen molar-refractivity contribution in [2.24, 2.45) is 0 Å². The maximum absolute atomic E-state index is 15.2. The van der Waals surface area contributed by atoms with Gasteiger partial charge >= 0.3 is 0 Å². The lowest BCUT2D eigenvalue weighted by Gasteiger charge is -2.31. The molecule has 0 amide bonds. The molecule has 2 aromatic carbocycles. The maximum atomic E-state index is 15.2. The molecule has 7 rings (SSSR count). The van der Waals surface area contributed by atoms with E-state index in [2.05, 4.69) is 21.8 Å². The summed E-state index contributed by atoms with van der Waals surface area (Å²) < 4.78 is 117. The molecule has 0 saturated carbocycles. The molecule has 2 aliphatic rings. The number of halogens is 8. The van der Waals surface area contributed by atoms with Gasteiger partial charge < -0.3 is 4.57 Å². The van der Waals surface area contributed by atoms with E-state index >= 15 is 8.78 Å². The summed E-state index contributed by atoms with van der Waals surface area (Å²) in [6.45, 7) is -0.981. The second kappa shape index (κ2) is 14.3. The first-order valence-electron chi connectivity index (χ1n) is 16.9. The van der Waals surface area contributed by atoms with E-state index in [9.17, 15) is 35.9 Å². The molecule has 0 radical (unpaired) electrons. The van der Waals surface area contributed by atoms with Crippen molar-refractivity contribution in [1.29, 1.82) is 0 Å². The maximum Gasteiger partial charge on any atom is 0.288 e. The Balaban J connectivity index is 1.34. The number of hydrogen-bond acceptors (Lipinski definition) is 5. The lowest BCUT2D eigenvalue weighted by Crippen LogP contribution is -2.33. The minimum Gasteiger partial charge on any atom is -0.338 e. The number of ketones is 2. The average molecular weight is 749 g/mol. The number of pyridine rings is 1. The summed E-state index contributed by atoms with van der Waals surface area (Å²) in [6, 6.07) is 11.2. The van der Waals surface area contributed by atoms with E-state index < -0.39 is 84.2 Å². The third-order valence-corrected chi connectivity index (χ3v) is 9.58. The second-order valence-corrected chi connectivity index (χ2v) is 13.4. The zero-order chi connectivity index (χ0) is 38.4. The lowest BCUT2D eigenvalue weighted by molar-refractivity contribution is -0.121. The zero-order valence-electron chi connectivity index (χ0n) is 28.2. The summed E-state index contributed by atoms with van der Waals surface area (Å²) in [5.74, 6) is -5.93. The number of alkyl halides is 6. The summed E-state index contributed by atoms with van der Waals surface area (Å²) in [4.78, 5) is 39.2. The van der Waals surface area contributed by atoms with Crippen molar-refractivity contribution in [3.05, 3.63) is 136 Å². The monoisotopic (exact) mass is 748 g/mol. The number of Topliss-reactive ketones (excluding diaryl/α,β-unsaturated/α-hetero) is 2. The molecule has 0 N–H and O–H groups in total. The predicted octanol–water partition coefficient (Wildman–Crippen LogP) is 9.05. The molecule has 1 atom stereocenters. The Kier molecular flexibility index (Phi) is 9.68. The Bertz CT molecular complexity index is 2330. The molecule has 276 valence electrons. The molecule has 3 aromatic heterocycles. The summed E-state index contributed by atoms with van der Waals surface area (Å²) in [5.41, 5.74) is -0.917. The lowest BCUT2D eigenvalue weighted by atomic mass is 9.86. The number of rotatable bonds is 9. The SMILES string of the molecule is O=C(C[C@@H](Cc1cc(F)cc(F)c1)c1nc(C#Cc2cncnc2)ccc1-c1ccc2c(c1)C(=O)CC2)Cn1cc(C(F)F)c2c1C(F)(F)CCC2(F)F. The molecular formula is C40H28F8N4O2. The first-order valence-corrected chi connectivity index (χ1v) is 16.9. The van der Waals surface area contributed by atoms with Crippen LogP contribution in [0.1, 0.15) is 93.3 Å². The standard InChI is InChI=1S/C40H28F8N4O2/c41-27-12-23(13-28(42)16-27)11-26(14-30(53)19-52-20-33(38(43)44)35-37(52)40(47,48)10-9-39(35,45)46)36-31(25-3-2-24-4-8-34(54)32(24)15-25)7-6-29(51-36)5-1-22-17-49-21-50-18-22/h2-3,6-7,12-13,15-18,20-21,26,38H,4,8-11,14,19H2/t26-/m1/s1. The number of carbonyl (C=O) groups excluding carboxylic acids is 2. The van der Waals surface area contributed by atoms with Crippen LogP contribution in [0.15, 0.2) is 73.4 Å². The van der Waals surface area contributed by atoms with Gasteiger partial charge in [0.2, 0.25) is 0 Å². The van der Waals surface area contributed by atoms with Crippen molar-refractivity contribution in [2.45, 2.75) is 69.3 Å². The largest absolute Gasteiger partial charge is 0.338 e. The van der Waals surface area contributed by atoms with Crippen molar-refractivity contribution in [3.8, 4) is 23.0 Å². The topological polar surface area (TPSA) is 77.7 Å². The van der Waals surface area contributed by atoms with Crippen LogP contribution in [0.5, 0.6) is 0 Å². The third-order valence-electron chi connectivity index (χ3n) is 9.58. The fourth-order valence-corrected chi connectivity index (χ4v) is 7.21. The van der Waals surface area contributed by atoms with Crippen LogP contribution in [-0.4, -0.2) is 31.1 Å². The molecule has 0 aliphatic heterocycles. The van der Waals surface area contributed by atoms with Crippen molar-refractivity contribution in [2.75, 3.05) is 0 Å². The fraction of sp³-hybridized carbons (Fsp3) is 0.275. The van der Waals surface area contributed by atoms with Crippen molar-refractivity contribution < 1.29 is 44.7 Å². The molecule has 0 unspecified atom stereocenters. The number of aryl methyl sites for hydroxylation is 1. The molecule has 6 nitrogen and oxygen atoms in total. The van der Waals surface area contributed by atoms with Crippen LogP contribution in [0.3, 0.4) is 0 Å². The highest BCUT2D eigenvalue weighted by Crippen LogP contribution is 2.53. The minimum atomic E-state index is -3.98. The Morgan fingerprint density at radius 2 is 1.59 bits per heavy atom. The van der Waals surface area contributed by atoms with Crippen LogP contribution < -0.4 is 0 Å². The Morgan fingerprint density at radius 1 is 0.870 bits per heavy atom. The van der Waals surface area contributed by atoms with Gasteiger partial charge in [-0.1, -0.05) is 18.1 Å². The van der Waals surface area contributed by atoms with Crippen LogP contribution in [0.25, 0.3) is 11.1 Å². The second-order valence-electron chi connectivity index (χ2n) is 13.4. The van der Waals surface area contributed by atoms with E-state index in [0.29, 0.717) is 51.9 Å². The highest BCUT2D eigenvalue weighted by molar-refractivity contribution is 6.01. The average Bonchev–Trinajstić information content (AvgIpc) is 3.71. The van der Waals surface area contributed by atoms with Gasteiger partial charge in [0.15, 0.2) is 11.6 Å². The van der Waals surface area contributed by atoms with Gasteiger partial charge in [-0.15, -0.1) is 0 Å². The summed E-state index contributed by atoms with van der Waals surface area (Å²) in [5, 5.41) is 0. The van der Waals surface area contributed by atoms with Gasteiger partial charge in [-0.3, -0.25) is 9.59 Å². The highest BCUT2D eigenvalue weighted by atomic mass is 19.3. The van der Waals surface area contributed by atoms with Gasteiger partial charge in [0, 0.05) is 72.9 Å². The van der Waals surface area contributed by atoms with Crippen LogP contribution in [0.2, 0.25) is 0 Å². The summed E-state index contributed by atoms with van der Waals surface area (Å²) in [7, 11) is 0. The van der Waals surface area contributed by atoms with E-state index in [1.54, 1.807) is 30.3 Å². The third kappa shape index (κ3) is 7.40. The quantitative estimate of drug-likeness (QED) is 0.111. The van der Waals surface area contributed by atoms with Crippen LogP contribution >= 0.6 is 0 Å². The molecular weight excluding hydrogens is 720 g/mol. The van der Waals surface area contributed by atoms with Crippen LogP contribution in [-0.2, 0) is 36.0 Å². The molecule has 0 saturated heterocycles. The highest BCUT2D eigenvalue weighted by Gasteiger charge is 2.54. The number of nitrogens with zero attached hydrogens (tertiary/aromatic N) is 4. The van der Waals surface area contributed by atoms with E-state index in [-0.39, 0.29) is 29.2 Å². The number of carbonyl (C=O) groups is 2. The first-order chi connectivity index (χ1) is 25.7. The predicted molar refractivity (Wildman–Crippen MR) is 179 cm³/mol. The molecule has 54 heavy (non-hydrogen) atoms. The smallest absolute Gasteiger partial charge is 0.288 e. The van der Waals surface area contributed by atoms with Gasteiger partial charge in [0.25, 0.3) is 18.3 Å². The Hall–Kier alpha value is -5.71. The molecule has 3 heterocycles. The molecule has 0 spiro atoms. The zero-order valence-corrected chi connectivity index (χ0v) is 28.2. The molecule has 14 heteroatoms. The van der Waals surface area contributed by atoms with Crippen molar-refractivity contribution in [3.63, 3.8) is 0 Å². The summed E-state index contributed by atoms with van der Waals surface area (Å²) >= 11 is 0. The Morgan fingerprint density at radius 3 is 2.31 bits per heavy atom. The van der Waals surface area contributed by atoms with Crippen molar-refractivity contribution in [1.82, 2.24) is 19.5 Å². The number of fused-ring (bicyclic) bond motifs is 2. The number of benzene rings is 2. The van der Waals surface area contributed by atoms with Crippen LogP contribution in [0, 0.1) is 23.5 Å². The van der Waals surface area contributed by atoms with Gasteiger partial charge in [-0.2, -0.15) is 8.78 Å². The van der Waals surface area contributed by atoms with E-state index in [0.717, 1.165) is 17.7 Å². The van der Waals surface area contributed by atoms with Gasteiger partial charge in [0.05, 0.1) is 29.1 Å². The van der Waals surface area contributed by atoms with Gasteiger partial charge in [-0.05, 0) is 65.8 Å². The fourth-order valence-electron chi connectivity index (χ4n) is 7.21. The van der Waals surface area contributed by atoms with Gasteiger partial charge in [0.1, 0.15) is 23.7 Å². The van der Waals surface area contributed by atoms with E-state index in [1.165, 1.54) is 18.7 Å². The van der Waals surface area contributed by atoms with Gasteiger partial charge in [-0.25, -0.2) is 41.3 Å². The normalized spacial score (nSPS) is 16.1. The number of aromatic nitrogens is 4. The Labute approximate surface area is 303 Å². The van der Waals surface area contributed by atoms with Crippen molar-refractivity contribution >= 4 is 11.6 Å². The molecule has 2 aliphatic carbocycles. The molecule has 0 fully saturated rings.